The second-order valence-corrected chi connectivity index (χ2v) is 5.64. The Hall–Kier alpha value is -1.06. The van der Waals surface area contributed by atoms with Crippen molar-refractivity contribution in [2.45, 2.75) is 58.8 Å². The number of aliphatic carboxylic acids is 1. The van der Waals surface area contributed by atoms with Gasteiger partial charge in [0.1, 0.15) is 0 Å². The second-order valence-electron chi connectivity index (χ2n) is 5.64. The maximum atomic E-state index is 12.2. The van der Waals surface area contributed by atoms with Crippen molar-refractivity contribution in [1.82, 2.24) is 4.90 Å². The molecule has 0 aliphatic carbocycles. The van der Waals surface area contributed by atoms with Gasteiger partial charge in [-0.25, -0.2) is 0 Å². The molecule has 0 aromatic rings. The Balaban J connectivity index is 2.45. The summed E-state index contributed by atoms with van der Waals surface area (Å²) in [6.45, 7) is 5.42. The molecule has 0 aromatic carbocycles. The van der Waals surface area contributed by atoms with Gasteiger partial charge in [0.15, 0.2) is 0 Å². The lowest BCUT2D eigenvalue weighted by atomic mass is 9.93. The van der Waals surface area contributed by atoms with Crippen LogP contribution >= 0.6 is 0 Å². The number of hydrogen-bond donors (Lipinski definition) is 1. The first-order valence-corrected chi connectivity index (χ1v) is 7.59. The minimum absolute atomic E-state index is 0.147. The minimum atomic E-state index is -0.768. The zero-order valence-corrected chi connectivity index (χ0v) is 12.2. The number of unbranched alkanes of at least 4 members (excludes halogenated alkanes) is 1. The largest absolute Gasteiger partial charge is 0.481 e. The van der Waals surface area contributed by atoms with Gasteiger partial charge in [0.25, 0.3) is 0 Å². The lowest BCUT2D eigenvalue weighted by Crippen LogP contribution is -2.42. The van der Waals surface area contributed by atoms with Crippen molar-refractivity contribution in [3.05, 3.63) is 0 Å². The van der Waals surface area contributed by atoms with Crippen LogP contribution < -0.4 is 0 Å². The highest BCUT2D eigenvalue weighted by molar-refractivity contribution is 5.78. The van der Waals surface area contributed by atoms with E-state index in [9.17, 15) is 9.59 Å². The van der Waals surface area contributed by atoms with E-state index in [0.717, 1.165) is 32.2 Å². The van der Waals surface area contributed by atoms with Crippen molar-refractivity contribution in [3.63, 3.8) is 0 Å². The number of nitrogens with zero attached hydrogens (tertiary/aromatic N) is 1. The number of carbonyl (C=O) groups is 2. The van der Waals surface area contributed by atoms with Gasteiger partial charge in [0, 0.05) is 19.5 Å². The predicted molar refractivity (Wildman–Crippen MR) is 74.9 cm³/mol. The van der Waals surface area contributed by atoms with Crippen LogP contribution in [-0.4, -0.2) is 35.0 Å². The van der Waals surface area contributed by atoms with E-state index in [1.54, 1.807) is 4.90 Å². The first-order chi connectivity index (χ1) is 9.08. The Morgan fingerprint density at radius 1 is 1.37 bits per heavy atom. The van der Waals surface area contributed by atoms with E-state index in [2.05, 4.69) is 13.8 Å². The first kappa shape index (κ1) is 16.0. The Morgan fingerprint density at radius 2 is 2.11 bits per heavy atom. The van der Waals surface area contributed by atoms with Crippen LogP contribution in [0.5, 0.6) is 0 Å². The van der Waals surface area contributed by atoms with Crippen molar-refractivity contribution < 1.29 is 14.7 Å². The molecule has 1 rings (SSSR count). The lowest BCUT2D eigenvalue weighted by molar-refractivity contribution is -0.145. The molecule has 2 unspecified atom stereocenters. The summed E-state index contributed by atoms with van der Waals surface area (Å²) >= 11 is 0. The molecule has 4 heteroatoms. The summed E-state index contributed by atoms with van der Waals surface area (Å²) in [5, 5.41) is 9.04. The third-order valence-electron chi connectivity index (χ3n) is 4.13. The van der Waals surface area contributed by atoms with Gasteiger partial charge in [-0.1, -0.05) is 33.1 Å². The third kappa shape index (κ3) is 5.21. The molecular formula is C15H27NO3. The molecule has 1 amide bonds. The average molecular weight is 269 g/mol. The molecule has 0 radical (unpaired) electrons. The molecule has 0 spiro atoms. The molecular weight excluding hydrogens is 242 g/mol. The Bertz CT molecular complexity index is 304. The summed E-state index contributed by atoms with van der Waals surface area (Å²) in [6, 6.07) is 0. The molecule has 110 valence electrons. The molecule has 1 aliphatic rings. The minimum Gasteiger partial charge on any atom is -0.481 e. The van der Waals surface area contributed by atoms with Crippen LogP contribution in [0.15, 0.2) is 0 Å². The molecule has 19 heavy (non-hydrogen) atoms. The van der Waals surface area contributed by atoms with Gasteiger partial charge in [-0.05, 0) is 25.2 Å². The van der Waals surface area contributed by atoms with Crippen molar-refractivity contribution >= 4 is 11.9 Å². The topological polar surface area (TPSA) is 57.6 Å². The number of amides is 1. The first-order valence-electron chi connectivity index (χ1n) is 7.59. The van der Waals surface area contributed by atoms with Gasteiger partial charge in [0.05, 0.1) is 5.92 Å². The van der Waals surface area contributed by atoms with Gasteiger partial charge in [-0.2, -0.15) is 0 Å². The van der Waals surface area contributed by atoms with Crippen LogP contribution in [0.4, 0.5) is 0 Å². The highest BCUT2D eigenvalue weighted by Crippen LogP contribution is 2.21. The standard InChI is InChI=1S/C15H27NO3/c1-3-5-7-12(4-2)10-14(17)16-9-6-8-13(11-16)15(18)19/h12-13H,3-11H2,1-2H3,(H,18,19). The van der Waals surface area contributed by atoms with Crippen LogP contribution in [0.2, 0.25) is 0 Å². The van der Waals surface area contributed by atoms with Crippen LogP contribution in [0.25, 0.3) is 0 Å². The monoisotopic (exact) mass is 269 g/mol. The zero-order valence-electron chi connectivity index (χ0n) is 12.2. The van der Waals surface area contributed by atoms with Gasteiger partial charge < -0.3 is 10.0 Å². The fourth-order valence-electron chi connectivity index (χ4n) is 2.72. The number of piperidine rings is 1. The maximum Gasteiger partial charge on any atom is 0.308 e. The fourth-order valence-corrected chi connectivity index (χ4v) is 2.72. The Kier molecular flexibility index (Phi) is 6.89. The van der Waals surface area contributed by atoms with Crippen molar-refractivity contribution in [3.8, 4) is 0 Å². The molecule has 1 saturated heterocycles. The van der Waals surface area contributed by atoms with Crippen molar-refractivity contribution in [1.29, 1.82) is 0 Å². The number of carbonyl (C=O) groups excluding carboxylic acids is 1. The van der Waals surface area contributed by atoms with E-state index in [4.69, 9.17) is 5.11 Å². The molecule has 1 N–H and O–H groups in total. The van der Waals surface area contributed by atoms with Crippen LogP contribution in [0, 0.1) is 11.8 Å². The Labute approximate surface area is 116 Å². The third-order valence-corrected chi connectivity index (χ3v) is 4.13. The quantitative estimate of drug-likeness (QED) is 0.773. The molecule has 2 atom stereocenters. The molecule has 0 saturated carbocycles. The SMILES string of the molecule is CCCCC(CC)CC(=O)N1CCCC(C(=O)O)C1. The molecule has 0 bridgehead atoms. The summed E-state index contributed by atoms with van der Waals surface area (Å²) in [7, 11) is 0. The summed E-state index contributed by atoms with van der Waals surface area (Å²) in [5.41, 5.74) is 0. The lowest BCUT2D eigenvalue weighted by Gasteiger charge is -2.31. The molecule has 1 heterocycles. The molecule has 0 aromatic heterocycles. The smallest absolute Gasteiger partial charge is 0.308 e. The molecule has 4 nitrogen and oxygen atoms in total. The van der Waals surface area contributed by atoms with Gasteiger partial charge in [0.2, 0.25) is 5.91 Å². The summed E-state index contributed by atoms with van der Waals surface area (Å²) in [5.74, 6) is -0.532. The highest BCUT2D eigenvalue weighted by Gasteiger charge is 2.28. The van der Waals surface area contributed by atoms with E-state index in [1.165, 1.54) is 6.42 Å². The maximum absolute atomic E-state index is 12.2. The van der Waals surface area contributed by atoms with E-state index < -0.39 is 5.97 Å². The summed E-state index contributed by atoms with van der Waals surface area (Å²) in [6.07, 6.45) is 6.57. The number of hydrogen-bond acceptors (Lipinski definition) is 2. The van der Waals surface area contributed by atoms with Crippen LogP contribution in [-0.2, 0) is 9.59 Å². The van der Waals surface area contributed by atoms with Crippen molar-refractivity contribution in [2.75, 3.05) is 13.1 Å². The zero-order chi connectivity index (χ0) is 14.3. The average Bonchev–Trinajstić information content (AvgIpc) is 2.43. The highest BCUT2D eigenvalue weighted by atomic mass is 16.4. The number of rotatable bonds is 7. The van der Waals surface area contributed by atoms with E-state index in [-0.39, 0.29) is 11.8 Å². The number of carboxylic acids is 1. The van der Waals surface area contributed by atoms with Gasteiger partial charge >= 0.3 is 5.97 Å². The van der Waals surface area contributed by atoms with Gasteiger partial charge in [-0.15, -0.1) is 0 Å². The summed E-state index contributed by atoms with van der Waals surface area (Å²) < 4.78 is 0. The van der Waals surface area contributed by atoms with Crippen LogP contribution in [0.1, 0.15) is 58.8 Å². The molecule has 1 fully saturated rings. The van der Waals surface area contributed by atoms with Crippen molar-refractivity contribution in [2.24, 2.45) is 11.8 Å². The van der Waals surface area contributed by atoms with E-state index in [1.807, 2.05) is 0 Å². The van der Waals surface area contributed by atoms with E-state index >= 15 is 0 Å². The second kappa shape index (κ2) is 8.18. The summed E-state index contributed by atoms with van der Waals surface area (Å²) in [4.78, 5) is 25.0. The van der Waals surface area contributed by atoms with Gasteiger partial charge in [-0.3, -0.25) is 9.59 Å². The van der Waals surface area contributed by atoms with E-state index in [0.29, 0.717) is 25.3 Å². The molecule has 1 aliphatic heterocycles. The predicted octanol–water partition coefficient (Wildman–Crippen LogP) is 2.92. The number of likely N-dealkylation sites (tertiary alicyclic amines) is 1. The fraction of sp³-hybridized carbons (Fsp3) is 0.867. The normalized spacial score (nSPS) is 21.2. The van der Waals surface area contributed by atoms with Crippen LogP contribution in [0.3, 0.4) is 0 Å². The number of carboxylic acid groups (broad SMARTS) is 1. The Morgan fingerprint density at radius 3 is 2.68 bits per heavy atom.